The van der Waals surface area contributed by atoms with E-state index >= 15 is 0 Å². The predicted molar refractivity (Wildman–Crippen MR) is 132 cm³/mol. The van der Waals surface area contributed by atoms with Gasteiger partial charge in [0.25, 0.3) is 0 Å². The minimum atomic E-state index is -0.586. The van der Waals surface area contributed by atoms with Crippen molar-refractivity contribution in [3.8, 4) is 5.75 Å². The summed E-state index contributed by atoms with van der Waals surface area (Å²) in [5.41, 5.74) is 2.94. The van der Waals surface area contributed by atoms with Crippen LogP contribution in [0.25, 0.3) is 17.0 Å². The van der Waals surface area contributed by atoms with Crippen LogP contribution < -0.4 is 10.4 Å². The molecular weight excluding hydrogens is 416 g/mol. The number of ether oxygens (including phenoxy) is 1. The molecule has 3 aromatic rings. The Kier molecular flexibility index (Phi) is 7.60. The number of aryl methyl sites for hydroxylation is 1. The molecule has 1 atom stereocenters. The van der Waals surface area contributed by atoms with Crippen LogP contribution in [0.3, 0.4) is 0 Å². The lowest BCUT2D eigenvalue weighted by molar-refractivity contribution is 0.0482. The molecule has 0 amide bonds. The van der Waals surface area contributed by atoms with Crippen molar-refractivity contribution < 1.29 is 14.3 Å². The van der Waals surface area contributed by atoms with Crippen molar-refractivity contribution in [3.63, 3.8) is 0 Å². The highest BCUT2D eigenvalue weighted by Crippen LogP contribution is 2.24. The van der Waals surface area contributed by atoms with Crippen LogP contribution >= 0.6 is 0 Å². The zero-order chi connectivity index (χ0) is 23.2. The van der Waals surface area contributed by atoms with Crippen LogP contribution in [0.15, 0.2) is 63.8 Å². The first-order valence-electron chi connectivity index (χ1n) is 11.5. The van der Waals surface area contributed by atoms with Gasteiger partial charge in [-0.3, -0.25) is 9.80 Å². The molecule has 1 aromatic heterocycles. The van der Waals surface area contributed by atoms with Gasteiger partial charge >= 0.3 is 5.63 Å². The molecule has 174 valence electrons. The summed E-state index contributed by atoms with van der Waals surface area (Å²) in [6, 6.07) is 15.8. The van der Waals surface area contributed by atoms with Crippen molar-refractivity contribution in [2.45, 2.75) is 20.0 Å². The first-order chi connectivity index (χ1) is 16.0. The van der Waals surface area contributed by atoms with Crippen molar-refractivity contribution in [1.29, 1.82) is 0 Å². The lowest BCUT2D eigenvalue weighted by atomic mass is 10.1. The molecule has 1 N–H and O–H groups in total. The van der Waals surface area contributed by atoms with Gasteiger partial charge in [-0.25, -0.2) is 4.79 Å². The molecule has 1 aliphatic rings. The number of β-amino-alcohol motifs (C(OH)–C–C–N with tert-alkyl or cyclic N) is 1. The third-order valence-corrected chi connectivity index (χ3v) is 6.28. The fraction of sp³-hybridized carbons (Fsp3) is 0.370. The summed E-state index contributed by atoms with van der Waals surface area (Å²) in [5, 5.41) is 11.4. The average Bonchev–Trinajstić information content (AvgIpc) is 2.83. The molecular formula is C27H32N2O4. The molecule has 2 aromatic carbocycles. The molecule has 6 heteroatoms. The second-order valence-corrected chi connectivity index (χ2v) is 8.68. The Hall–Kier alpha value is -2.93. The van der Waals surface area contributed by atoms with E-state index in [-0.39, 0.29) is 12.2 Å². The second-order valence-electron chi connectivity index (χ2n) is 8.68. The lowest BCUT2D eigenvalue weighted by Crippen LogP contribution is -2.49. The molecule has 0 spiro atoms. The van der Waals surface area contributed by atoms with Crippen molar-refractivity contribution in [1.82, 2.24) is 9.80 Å². The summed E-state index contributed by atoms with van der Waals surface area (Å²) < 4.78 is 11.2. The Morgan fingerprint density at radius 1 is 1.03 bits per heavy atom. The summed E-state index contributed by atoms with van der Waals surface area (Å²) in [4.78, 5) is 16.6. The summed E-state index contributed by atoms with van der Waals surface area (Å²) in [6.45, 7) is 9.21. The quantitative estimate of drug-likeness (QED) is 0.533. The molecule has 0 saturated carbocycles. The molecule has 0 radical (unpaired) electrons. The number of aliphatic hydroxyl groups is 1. The number of rotatable bonds is 8. The minimum absolute atomic E-state index is 0.195. The van der Waals surface area contributed by atoms with Crippen molar-refractivity contribution in [2.75, 3.05) is 45.9 Å². The van der Waals surface area contributed by atoms with E-state index in [1.165, 1.54) is 5.56 Å². The molecule has 2 heterocycles. The van der Waals surface area contributed by atoms with E-state index in [1.54, 1.807) is 13.0 Å². The van der Waals surface area contributed by atoms with Crippen molar-refractivity contribution in [2.24, 2.45) is 0 Å². The monoisotopic (exact) mass is 448 g/mol. The molecule has 1 saturated heterocycles. The highest BCUT2D eigenvalue weighted by Gasteiger charge is 2.19. The third kappa shape index (κ3) is 6.11. The number of hydrogen-bond acceptors (Lipinski definition) is 6. The van der Waals surface area contributed by atoms with Crippen LogP contribution in [0, 0.1) is 13.8 Å². The summed E-state index contributed by atoms with van der Waals surface area (Å²) in [6.07, 6.45) is 3.78. The number of aliphatic hydroxyl groups excluding tert-OH is 1. The molecule has 1 aliphatic heterocycles. The van der Waals surface area contributed by atoms with Gasteiger partial charge in [0.1, 0.15) is 24.0 Å². The van der Waals surface area contributed by atoms with Gasteiger partial charge in [0.05, 0.1) is 0 Å². The van der Waals surface area contributed by atoms with Crippen LogP contribution in [-0.4, -0.2) is 66.9 Å². The van der Waals surface area contributed by atoms with Gasteiger partial charge in [-0.15, -0.1) is 0 Å². The maximum Gasteiger partial charge on any atom is 0.339 e. The second kappa shape index (κ2) is 10.8. The summed E-state index contributed by atoms with van der Waals surface area (Å²) >= 11 is 0. The highest BCUT2D eigenvalue weighted by molar-refractivity contribution is 5.82. The van der Waals surface area contributed by atoms with E-state index in [1.807, 2.05) is 37.3 Å². The molecule has 33 heavy (non-hydrogen) atoms. The number of nitrogens with zero attached hydrogens (tertiary/aromatic N) is 2. The van der Waals surface area contributed by atoms with E-state index in [0.717, 1.165) is 43.7 Å². The first kappa shape index (κ1) is 23.2. The average molecular weight is 449 g/mol. The normalized spacial score (nSPS) is 16.5. The SMILES string of the molecule is Cc1c(C)c2ccc(OCC(O)CN3CCN(CC=Cc4ccccc4)CC3)cc2oc1=O. The largest absolute Gasteiger partial charge is 0.491 e. The zero-order valence-corrected chi connectivity index (χ0v) is 19.4. The maximum atomic E-state index is 11.9. The fourth-order valence-electron chi connectivity index (χ4n) is 4.12. The van der Waals surface area contributed by atoms with Gasteiger partial charge < -0.3 is 14.3 Å². The Morgan fingerprint density at radius 2 is 1.76 bits per heavy atom. The van der Waals surface area contributed by atoms with Gasteiger partial charge in [0.15, 0.2) is 0 Å². The Morgan fingerprint density at radius 3 is 2.52 bits per heavy atom. The molecule has 1 unspecified atom stereocenters. The van der Waals surface area contributed by atoms with Gasteiger partial charge in [-0.1, -0.05) is 42.5 Å². The minimum Gasteiger partial charge on any atom is -0.491 e. The van der Waals surface area contributed by atoms with Crippen molar-refractivity contribution in [3.05, 3.63) is 81.7 Å². The molecule has 1 fully saturated rings. The highest BCUT2D eigenvalue weighted by atomic mass is 16.5. The van der Waals surface area contributed by atoms with E-state index in [0.29, 0.717) is 23.4 Å². The Labute approximate surface area is 194 Å². The molecule has 4 rings (SSSR count). The molecule has 6 nitrogen and oxygen atoms in total. The summed E-state index contributed by atoms with van der Waals surface area (Å²) in [7, 11) is 0. The van der Waals surface area contributed by atoms with Crippen LogP contribution in [0.4, 0.5) is 0 Å². The molecule has 0 aliphatic carbocycles. The lowest BCUT2D eigenvalue weighted by Gasteiger charge is -2.35. The maximum absolute atomic E-state index is 11.9. The van der Waals surface area contributed by atoms with Crippen LogP contribution in [0.5, 0.6) is 5.75 Å². The zero-order valence-electron chi connectivity index (χ0n) is 19.4. The Balaban J connectivity index is 1.21. The van der Waals surface area contributed by atoms with Gasteiger partial charge in [-0.05, 0) is 37.1 Å². The Bertz CT molecular complexity index is 1150. The third-order valence-electron chi connectivity index (χ3n) is 6.28. The van der Waals surface area contributed by atoms with Gasteiger partial charge in [0.2, 0.25) is 0 Å². The van der Waals surface area contributed by atoms with E-state index in [4.69, 9.17) is 9.15 Å². The van der Waals surface area contributed by atoms with E-state index in [2.05, 4.69) is 34.1 Å². The predicted octanol–water partition coefficient (Wildman–Crippen LogP) is 3.48. The van der Waals surface area contributed by atoms with Crippen LogP contribution in [-0.2, 0) is 0 Å². The number of fused-ring (bicyclic) bond motifs is 1. The van der Waals surface area contributed by atoms with E-state index in [9.17, 15) is 9.90 Å². The number of piperazine rings is 1. The number of hydrogen-bond donors (Lipinski definition) is 1. The van der Waals surface area contributed by atoms with Crippen molar-refractivity contribution >= 4 is 17.0 Å². The topological polar surface area (TPSA) is 66.2 Å². The van der Waals surface area contributed by atoms with Crippen LogP contribution in [0.2, 0.25) is 0 Å². The van der Waals surface area contributed by atoms with Crippen LogP contribution in [0.1, 0.15) is 16.7 Å². The fourth-order valence-corrected chi connectivity index (χ4v) is 4.12. The molecule has 0 bridgehead atoms. The smallest absolute Gasteiger partial charge is 0.339 e. The van der Waals surface area contributed by atoms with Gasteiger partial charge in [0, 0.05) is 56.3 Å². The number of benzene rings is 2. The standard InChI is InChI=1S/C27H32N2O4/c1-20-21(2)27(31)33-26-17-24(10-11-25(20)26)32-19-23(30)18-29-15-13-28(14-16-29)12-6-9-22-7-4-3-5-8-22/h3-11,17,23,30H,12-16,18-19H2,1-2H3. The first-order valence-corrected chi connectivity index (χ1v) is 11.5. The van der Waals surface area contributed by atoms with E-state index < -0.39 is 6.10 Å². The van der Waals surface area contributed by atoms with Gasteiger partial charge in [-0.2, -0.15) is 0 Å². The summed E-state index contributed by atoms with van der Waals surface area (Å²) in [5.74, 6) is 0.586.